The Balaban J connectivity index is 1.38. The molecular formula is C19H24Cl2N6O. The van der Waals surface area contributed by atoms with Gasteiger partial charge in [0.05, 0.1) is 11.6 Å². The SMILES string of the molecule is CN=C(NCCCOc1ccc(Cl)cc1Cl)N1CCN(c2ncccn2)CC1. The number of benzene rings is 1. The van der Waals surface area contributed by atoms with Crippen LogP contribution in [0.15, 0.2) is 41.7 Å². The van der Waals surface area contributed by atoms with E-state index in [1.165, 1.54) is 0 Å². The lowest BCUT2D eigenvalue weighted by atomic mass is 10.3. The van der Waals surface area contributed by atoms with Crippen LogP contribution in [0.5, 0.6) is 5.75 Å². The average molecular weight is 423 g/mol. The summed E-state index contributed by atoms with van der Waals surface area (Å²) < 4.78 is 5.71. The fraction of sp³-hybridized carbons (Fsp3) is 0.421. The highest BCUT2D eigenvalue weighted by Gasteiger charge is 2.20. The van der Waals surface area contributed by atoms with E-state index in [1.54, 1.807) is 37.6 Å². The Morgan fingerprint density at radius 1 is 1.18 bits per heavy atom. The van der Waals surface area contributed by atoms with Gasteiger partial charge in [0.2, 0.25) is 5.95 Å². The normalized spacial score (nSPS) is 14.9. The second kappa shape index (κ2) is 10.3. The first-order valence-electron chi connectivity index (χ1n) is 9.23. The van der Waals surface area contributed by atoms with Crippen molar-refractivity contribution in [2.45, 2.75) is 6.42 Å². The third-order valence-corrected chi connectivity index (χ3v) is 4.91. The largest absolute Gasteiger partial charge is 0.492 e. The molecule has 0 spiro atoms. The first-order chi connectivity index (χ1) is 13.7. The summed E-state index contributed by atoms with van der Waals surface area (Å²) in [5.74, 6) is 2.33. The predicted molar refractivity (Wildman–Crippen MR) is 114 cm³/mol. The van der Waals surface area contributed by atoms with Crippen molar-refractivity contribution in [3.05, 3.63) is 46.7 Å². The minimum absolute atomic E-state index is 0.525. The molecule has 0 unspecified atom stereocenters. The molecule has 7 nitrogen and oxygen atoms in total. The number of halogens is 2. The zero-order chi connectivity index (χ0) is 19.8. The molecule has 1 saturated heterocycles. The van der Waals surface area contributed by atoms with Gasteiger partial charge in [0, 0.05) is 57.2 Å². The van der Waals surface area contributed by atoms with Crippen LogP contribution in [0.3, 0.4) is 0 Å². The summed E-state index contributed by atoms with van der Waals surface area (Å²) in [6.45, 7) is 4.79. The van der Waals surface area contributed by atoms with Crippen LogP contribution in [0.1, 0.15) is 6.42 Å². The number of guanidine groups is 1. The summed E-state index contributed by atoms with van der Waals surface area (Å²) >= 11 is 12.0. The lowest BCUT2D eigenvalue weighted by Crippen LogP contribution is -2.53. The molecule has 0 bridgehead atoms. The van der Waals surface area contributed by atoms with E-state index in [4.69, 9.17) is 27.9 Å². The summed E-state index contributed by atoms with van der Waals surface area (Å²) in [5.41, 5.74) is 0. The molecule has 0 amide bonds. The number of aromatic nitrogens is 2. The van der Waals surface area contributed by atoms with Gasteiger partial charge in [-0.3, -0.25) is 4.99 Å². The lowest BCUT2D eigenvalue weighted by Gasteiger charge is -2.36. The maximum absolute atomic E-state index is 6.11. The maximum Gasteiger partial charge on any atom is 0.225 e. The van der Waals surface area contributed by atoms with Gasteiger partial charge in [0.1, 0.15) is 5.75 Å². The summed E-state index contributed by atoms with van der Waals surface area (Å²) in [4.78, 5) is 17.5. The van der Waals surface area contributed by atoms with Crippen molar-refractivity contribution >= 4 is 35.1 Å². The molecule has 1 fully saturated rings. The molecule has 9 heteroatoms. The Morgan fingerprint density at radius 2 is 1.93 bits per heavy atom. The second-order valence-corrected chi connectivity index (χ2v) is 7.12. The fourth-order valence-corrected chi connectivity index (χ4v) is 3.41. The molecule has 0 aliphatic carbocycles. The molecule has 1 aliphatic heterocycles. The molecule has 2 heterocycles. The van der Waals surface area contributed by atoms with Crippen molar-refractivity contribution < 1.29 is 4.74 Å². The maximum atomic E-state index is 6.11. The number of nitrogens with zero attached hydrogens (tertiary/aromatic N) is 5. The molecule has 1 aliphatic rings. The average Bonchev–Trinajstić information content (AvgIpc) is 2.73. The molecule has 1 N–H and O–H groups in total. The highest BCUT2D eigenvalue weighted by Crippen LogP contribution is 2.27. The third-order valence-electron chi connectivity index (χ3n) is 4.38. The number of aliphatic imine (C=N–C) groups is 1. The number of anilines is 1. The van der Waals surface area contributed by atoms with Crippen molar-refractivity contribution in [1.82, 2.24) is 20.2 Å². The highest BCUT2D eigenvalue weighted by atomic mass is 35.5. The molecule has 0 saturated carbocycles. The number of hydrogen-bond acceptors (Lipinski definition) is 5. The number of rotatable bonds is 6. The second-order valence-electron chi connectivity index (χ2n) is 6.27. The smallest absolute Gasteiger partial charge is 0.225 e. The highest BCUT2D eigenvalue weighted by molar-refractivity contribution is 6.35. The van der Waals surface area contributed by atoms with Crippen LogP contribution in [-0.2, 0) is 0 Å². The minimum atomic E-state index is 0.525. The van der Waals surface area contributed by atoms with Crippen LogP contribution in [-0.4, -0.2) is 67.2 Å². The topological polar surface area (TPSA) is 65.9 Å². The lowest BCUT2D eigenvalue weighted by molar-refractivity contribution is 0.309. The van der Waals surface area contributed by atoms with E-state index in [0.29, 0.717) is 22.4 Å². The quantitative estimate of drug-likeness (QED) is 0.438. The minimum Gasteiger partial charge on any atom is -0.492 e. The van der Waals surface area contributed by atoms with Crippen LogP contribution in [0.4, 0.5) is 5.95 Å². The molecule has 150 valence electrons. The van der Waals surface area contributed by atoms with Gasteiger partial charge < -0.3 is 19.9 Å². The van der Waals surface area contributed by atoms with Crippen molar-refractivity contribution in [2.75, 3.05) is 51.3 Å². The van der Waals surface area contributed by atoms with E-state index in [0.717, 1.165) is 51.1 Å². The van der Waals surface area contributed by atoms with E-state index in [-0.39, 0.29) is 0 Å². The zero-order valence-corrected chi connectivity index (χ0v) is 17.3. The van der Waals surface area contributed by atoms with E-state index in [1.807, 2.05) is 6.07 Å². The van der Waals surface area contributed by atoms with Gasteiger partial charge >= 0.3 is 0 Å². The summed E-state index contributed by atoms with van der Waals surface area (Å²) in [7, 11) is 1.80. The summed E-state index contributed by atoms with van der Waals surface area (Å²) in [5, 5.41) is 4.52. The van der Waals surface area contributed by atoms with Gasteiger partial charge in [0.25, 0.3) is 0 Å². The van der Waals surface area contributed by atoms with Crippen LogP contribution in [0.2, 0.25) is 10.0 Å². The number of piperazine rings is 1. The monoisotopic (exact) mass is 422 g/mol. The van der Waals surface area contributed by atoms with E-state index < -0.39 is 0 Å². The Kier molecular flexibility index (Phi) is 7.56. The summed E-state index contributed by atoms with van der Waals surface area (Å²) in [6.07, 6.45) is 4.37. The van der Waals surface area contributed by atoms with Crippen LogP contribution in [0.25, 0.3) is 0 Å². The van der Waals surface area contributed by atoms with Crippen molar-refractivity contribution in [2.24, 2.45) is 4.99 Å². The third kappa shape index (κ3) is 5.62. The Morgan fingerprint density at radius 3 is 2.61 bits per heavy atom. The Hall–Kier alpha value is -2.25. The number of ether oxygens (including phenoxy) is 1. The molecule has 28 heavy (non-hydrogen) atoms. The van der Waals surface area contributed by atoms with Crippen LogP contribution >= 0.6 is 23.2 Å². The van der Waals surface area contributed by atoms with E-state index >= 15 is 0 Å². The van der Waals surface area contributed by atoms with Crippen LogP contribution < -0.4 is 15.0 Å². The molecule has 1 aromatic heterocycles. The van der Waals surface area contributed by atoms with Crippen LogP contribution in [0, 0.1) is 0 Å². The standard InChI is InChI=1S/C19H24Cl2N6O/c1-22-18(23-8-3-13-28-17-5-4-15(20)14-16(17)21)26-9-11-27(12-10-26)19-24-6-2-7-25-19/h2,4-7,14H,3,8-13H2,1H3,(H,22,23). The van der Waals surface area contributed by atoms with Gasteiger partial charge in [-0.05, 0) is 30.7 Å². The molecular weight excluding hydrogens is 399 g/mol. The fourth-order valence-electron chi connectivity index (χ4n) is 2.95. The molecule has 2 aromatic rings. The van der Waals surface area contributed by atoms with Crippen molar-refractivity contribution in [3.8, 4) is 5.75 Å². The van der Waals surface area contributed by atoms with Crippen molar-refractivity contribution in [1.29, 1.82) is 0 Å². The molecule has 1 aromatic carbocycles. The summed E-state index contributed by atoms with van der Waals surface area (Å²) in [6, 6.07) is 7.06. The molecule has 0 radical (unpaired) electrons. The van der Waals surface area contributed by atoms with Gasteiger partial charge in [-0.25, -0.2) is 9.97 Å². The first kappa shape index (κ1) is 20.5. The van der Waals surface area contributed by atoms with Crippen molar-refractivity contribution in [3.63, 3.8) is 0 Å². The van der Waals surface area contributed by atoms with E-state index in [2.05, 4.69) is 30.1 Å². The molecule has 0 atom stereocenters. The first-order valence-corrected chi connectivity index (χ1v) is 9.98. The van der Waals surface area contributed by atoms with E-state index in [9.17, 15) is 0 Å². The molecule has 3 rings (SSSR count). The zero-order valence-electron chi connectivity index (χ0n) is 15.8. The predicted octanol–water partition coefficient (Wildman–Crippen LogP) is 2.95. The number of nitrogens with one attached hydrogen (secondary N) is 1. The number of hydrogen-bond donors (Lipinski definition) is 1. The van der Waals surface area contributed by atoms with Gasteiger partial charge in [-0.2, -0.15) is 0 Å². The Labute approximate surface area is 175 Å². The Bertz CT molecular complexity index is 781. The van der Waals surface area contributed by atoms with Gasteiger partial charge in [-0.15, -0.1) is 0 Å². The van der Waals surface area contributed by atoms with Gasteiger partial charge in [-0.1, -0.05) is 23.2 Å². The van der Waals surface area contributed by atoms with Gasteiger partial charge in [0.15, 0.2) is 5.96 Å².